The van der Waals surface area contributed by atoms with E-state index in [2.05, 4.69) is 9.64 Å². The predicted octanol–water partition coefficient (Wildman–Crippen LogP) is 4.43. The zero-order chi connectivity index (χ0) is 27.1. The largest absolute Gasteiger partial charge is 0.573 e. The molecule has 5 rings (SSSR count). The van der Waals surface area contributed by atoms with Gasteiger partial charge in [-0.25, -0.2) is 4.79 Å². The molecule has 2 aromatic carbocycles. The van der Waals surface area contributed by atoms with E-state index in [9.17, 15) is 27.6 Å². The molecule has 3 amide bonds. The molecule has 1 saturated carbocycles. The minimum Gasteiger partial charge on any atom is -0.481 e. The van der Waals surface area contributed by atoms with E-state index in [1.54, 1.807) is 17.0 Å². The number of ether oxygens (including phenoxy) is 1. The third-order valence-electron chi connectivity index (χ3n) is 7.48. The number of carbonyl (C=O) groups is 3. The Morgan fingerprint density at radius 3 is 2.32 bits per heavy atom. The quantitative estimate of drug-likeness (QED) is 0.507. The van der Waals surface area contributed by atoms with Crippen molar-refractivity contribution in [2.45, 2.75) is 50.6 Å². The van der Waals surface area contributed by atoms with Crippen LogP contribution in [0.4, 0.5) is 23.7 Å². The molecule has 0 aromatic heterocycles. The van der Waals surface area contributed by atoms with Gasteiger partial charge >= 0.3 is 18.4 Å². The summed E-state index contributed by atoms with van der Waals surface area (Å²) in [5.41, 5.74) is 1.09. The number of halogens is 3. The average molecular weight is 532 g/mol. The number of carboxylic acid groups (broad SMARTS) is 1. The molecule has 8 nitrogen and oxygen atoms in total. The van der Waals surface area contributed by atoms with Gasteiger partial charge in [0.05, 0.1) is 6.42 Å². The van der Waals surface area contributed by atoms with Crippen LogP contribution < -0.4 is 9.64 Å². The number of hydrogen-bond acceptors (Lipinski definition) is 5. The smallest absolute Gasteiger partial charge is 0.481 e. The molecule has 2 aromatic rings. The second-order valence-corrected chi connectivity index (χ2v) is 10.2. The van der Waals surface area contributed by atoms with Gasteiger partial charge in [0.25, 0.3) is 5.91 Å². The van der Waals surface area contributed by atoms with Gasteiger partial charge in [0, 0.05) is 31.9 Å². The summed E-state index contributed by atoms with van der Waals surface area (Å²) in [6.07, 6.45) is -2.16. The summed E-state index contributed by atoms with van der Waals surface area (Å²) in [4.78, 5) is 43.4. The van der Waals surface area contributed by atoms with Crippen LogP contribution >= 0.6 is 0 Å². The lowest BCUT2D eigenvalue weighted by Gasteiger charge is -2.43. The molecule has 3 aliphatic rings. The standard InChI is InChI=1S/C27H28F3N3O5/c28-27(29,30)38-22-8-6-19(7-9-22)17-33-25(37)32(16-18-4-5-18)24(36)26(33)10-12-31(13-11-26)21-3-1-2-20(14-21)15-23(34)35/h1-3,6-9,14,18H,4-5,10-13,15-17H2,(H,34,35). The number of urea groups is 1. The molecular weight excluding hydrogens is 503 g/mol. The number of anilines is 1. The number of aliphatic carboxylic acids is 1. The Labute approximate surface area is 217 Å². The van der Waals surface area contributed by atoms with E-state index in [0.29, 0.717) is 49.5 Å². The number of benzene rings is 2. The van der Waals surface area contributed by atoms with Crippen molar-refractivity contribution in [3.05, 3.63) is 59.7 Å². The topological polar surface area (TPSA) is 90.4 Å². The van der Waals surface area contributed by atoms with Crippen LogP contribution in [0.2, 0.25) is 0 Å². The SMILES string of the molecule is O=C(O)Cc1cccc(N2CCC3(CC2)C(=O)N(CC2CC2)C(=O)N3Cc2ccc(OC(F)(F)F)cc2)c1. The second kappa shape index (κ2) is 9.85. The maximum Gasteiger partial charge on any atom is 0.573 e. The highest BCUT2D eigenvalue weighted by Crippen LogP contribution is 2.42. The van der Waals surface area contributed by atoms with Crippen molar-refractivity contribution in [3.63, 3.8) is 0 Å². The number of hydrogen-bond donors (Lipinski definition) is 1. The summed E-state index contributed by atoms with van der Waals surface area (Å²) in [5, 5.41) is 9.12. The summed E-state index contributed by atoms with van der Waals surface area (Å²) in [6, 6.07) is 12.3. The second-order valence-electron chi connectivity index (χ2n) is 10.2. The minimum atomic E-state index is -4.80. The first-order valence-corrected chi connectivity index (χ1v) is 12.6. The summed E-state index contributed by atoms with van der Waals surface area (Å²) in [7, 11) is 0. The zero-order valence-corrected chi connectivity index (χ0v) is 20.6. The highest BCUT2D eigenvalue weighted by molar-refractivity contribution is 6.07. The van der Waals surface area contributed by atoms with Crippen LogP contribution in [0, 0.1) is 5.92 Å². The number of rotatable bonds is 8. The predicted molar refractivity (Wildman–Crippen MR) is 130 cm³/mol. The molecule has 2 saturated heterocycles. The summed E-state index contributed by atoms with van der Waals surface area (Å²) in [6.45, 7) is 1.45. The van der Waals surface area contributed by atoms with Crippen molar-refractivity contribution in [2.75, 3.05) is 24.5 Å². The van der Waals surface area contributed by atoms with Crippen LogP contribution in [0.15, 0.2) is 48.5 Å². The van der Waals surface area contributed by atoms with Crippen LogP contribution in [0.3, 0.4) is 0 Å². The minimum absolute atomic E-state index is 0.0880. The lowest BCUT2D eigenvalue weighted by atomic mass is 9.85. The van der Waals surface area contributed by atoms with Gasteiger partial charge in [0.15, 0.2) is 0 Å². The van der Waals surface area contributed by atoms with Gasteiger partial charge in [-0.15, -0.1) is 13.2 Å². The molecule has 2 aliphatic heterocycles. The number of carbonyl (C=O) groups excluding carboxylic acids is 2. The van der Waals surface area contributed by atoms with E-state index in [1.807, 2.05) is 12.1 Å². The number of nitrogens with zero attached hydrogens (tertiary/aromatic N) is 3. The average Bonchev–Trinajstić information content (AvgIpc) is 3.67. The lowest BCUT2D eigenvalue weighted by molar-refractivity contribution is -0.274. The summed E-state index contributed by atoms with van der Waals surface area (Å²) in [5.74, 6) is -1.17. The normalized spacial score (nSPS) is 19.4. The molecular formula is C27H28F3N3O5. The fourth-order valence-corrected chi connectivity index (χ4v) is 5.36. The van der Waals surface area contributed by atoms with Gasteiger partial charge in [0.1, 0.15) is 11.3 Å². The van der Waals surface area contributed by atoms with Crippen molar-refractivity contribution in [2.24, 2.45) is 5.92 Å². The third kappa shape index (κ3) is 5.41. The molecule has 202 valence electrons. The van der Waals surface area contributed by atoms with Crippen molar-refractivity contribution < 1.29 is 37.4 Å². The number of alkyl halides is 3. The molecule has 3 fully saturated rings. The number of carboxylic acids is 1. The molecule has 2 heterocycles. The van der Waals surface area contributed by atoms with Crippen molar-refractivity contribution in [1.82, 2.24) is 9.80 Å². The van der Waals surface area contributed by atoms with E-state index >= 15 is 0 Å². The number of piperidine rings is 1. The number of amides is 3. The van der Waals surface area contributed by atoms with Gasteiger partial charge in [-0.1, -0.05) is 24.3 Å². The highest BCUT2D eigenvalue weighted by atomic mass is 19.4. The van der Waals surface area contributed by atoms with Gasteiger partial charge in [0.2, 0.25) is 0 Å². The van der Waals surface area contributed by atoms with Crippen LogP contribution in [0.5, 0.6) is 5.75 Å². The Kier molecular flexibility index (Phi) is 6.70. The molecule has 0 bridgehead atoms. The van der Waals surface area contributed by atoms with E-state index in [-0.39, 0.29) is 30.7 Å². The van der Waals surface area contributed by atoms with Crippen molar-refractivity contribution in [3.8, 4) is 5.75 Å². The highest BCUT2D eigenvalue weighted by Gasteiger charge is 2.58. The van der Waals surface area contributed by atoms with Gasteiger partial charge in [-0.3, -0.25) is 14.5 Å². The van der Waals surface area contributed by atoms with Gasteiger partial charge in [-0.2, -0.15) is 0 Å². The fourth-order valence-electron chi connectivity index (χ4n) is 5.36. The van der Waals surface area contributed by atoms with Crippen LogP contribution in [-0.4, -0.2) is 64.3 Å². The van der Waals surface area contributed by atoms with Crippen LogP contribution in [0.1, 0.15) is 36.8 Å². The first-order chi connectivity index (χ1) is 18.0. The van der Waals surface area contributed by atoms with Crippen molar-refractivity contribution >= 4 is 23.6 Å². The summed E-state index contributed by atoms with van der Waals surface area (Å²) >= 11 is 0. The molecule has 11 heteroatoms. The maximum atomic E-state index is 13.7. The molecule has 1 aliphatic carbocycles. The molecule has 0 radical (unpaired) electrons. The van der Waals surface area contributed by atoms with Gasteiger partial charge in [-0.05, 0) is 67.0 Å². The van der Waals surface area contributed by atoms with Crippen LogP contribution in [0.25, 0.3) is 0 Å². The first-order valence-electron chi connectivity index (χ1n) is 12.6. The van der Waals surface area contributed by atoms with Crippen LogP contribution in [-0.2, 0) is 22.6 Å². The molecule has 1 N–H and O–H groups in total. The van der Waals surface area contributed by atoms with E-state index in [4.69, 9.17) is 5.11 Å². The first kappa shape index (κ1) is 25.9. The molecule has 1 spiro atoms. The molecule has 0 atom stereocenters. The van der Waals surface area contributed by atoms with E-state index in [0.717, 1.165) is 18.5 Å². The monoisotopic (exact) mass is 531 g/mol. The van der Waals surface area contributed by atoms with Crippen molar-refractivity contribution in [1.29, 1.82) is 0 Å². The summed E-state index contributed by atoms with van der Waals surface area (Å²) < 4.78 is 41.6. The Bertz CT molecular complexity index is 1220. The van der Waals surface area contributed by atoms with E-state index in [1.165, 1.54) is 29.2 Å². The Hall–Kier alpha value is -3.76. The Balaban J connectivity index is 1.35. The Morgan fingerprint density at radius 2 is 1.71 bits per heavy atom. The molecule has 0 unspecified atom stereocenters. The maximum absolute atomic E-state index is 13.7. The fraction of sp³-hybridized carbons (Fsp3) is 0.444. The number of imide groups is 1. The van der Waals surface area contributed by atoms with E-state index < -0.39 is 17.9 Å². The molecule has 38 heavy (non-hydrogen) atoms. The zero-order valence-electron chi connectivity index (χ0n) is 20.6. The lowest BCUT2D eigenvalue weighted by Crippen LogP contribution is -2.56. The Morgan fingerprint density at radius 1 is 1.03 bits per heavy atom. The van der Waals surface area contributed by atoms with Gasteiger partial charge < -0.3 is 19.6 Å². The third-order valence-corrected chi connectivity index (χ3v) is 7.48.